The molecule has 1 radical (unpaired) electrons. The maximum atomic E-state index is 9.58. The first kappa shape index (κ1) is 18.5. The van der Waals surface area contributed by atoms with Gasteiger partial charge in [-0.05, 0) is 26.3 Å². The molecule has 1 aliphatic rings. The number of nitrogens with one attached hydrogen (secondary N) is 1. The van der Waals surface area contributed by atoms with Crippen LogP contribution in [0.25, 0.3) is 5.73 Å². The number of nitriles is 1. The molecule has 6 heteroatoms. The fraction of sp³-hybridized carbons (Fsp3) is 0.750. The third-order valence-electron chi connectivity index (χ3n) is 3.45. The first-order valence-corrected chi connectivity index (χ1v) is 5.81. The van der Waals surface area contributed by atoms with Crippen LogP contribution in [0.1, 0.15) is 13.3 Å². The summed E-state index contributed by atoms with van der Waals surface area (Å²) in [5, 5.41) is 27.5. The Morgan fingerprint density at radius 2 is 2.22 bits per heavy atom. The van der Waals surface area contributed by atoms with Gasteiger partial charge in [0.1, 0.15) is 0 Å². The number of aliphatic hydroxyl groups is 2. The van der Waals surface area contributed by atoms with E-state index >= 15 is 0 Å². The van der Waals surface area contributed by atoms with E-state index in [1.807, 2.05) is 24.0 Å². The van der Waals surface area contributed by atoms with Gasteiger partial charge < -0.3 is 15.9 Å². The van der Waals surface area contributed by atoms with Crippen LogP contribution < -0.4 is 0 Å². The predicted molar refractivity (Wildman–Crippen MR) is 65.1 cm³/mol. The Hall–Kier alpha value is 0.512. The van der Waals surface area contributed by atoms with Crippen molar-refractivity contribution in [1.82, 2.24) is 4.90 Å². The molecule has 0 amide bonds. The summed E-state index contributed by atoms with van der Waals surface area (Å²) in [7, 11) is 1.80. The van der Waals surface area contributed by atoms with Crippen molar-refractivity contribution in [2.75, 3.05) is 13.7 Å². The second-order valence-electron chi connectivity index (χ2n) is 4.50. The molecular formula is C12H20AcN3O2-. The Kier molecular flexibility index (Phi) is 8.88. The Labute approximate surface area is 144 Å². The predicted octanol–water partition coefficient (Wildman–Crippen LogP) is 0.549. The van der Waals surface area contributed by atoms with E-state index in [9.17, 15) is 5.11 Å². The van der Waals surface area contributed by atoms with Gasteiger partial charge in [-0.2, -0.15) is 5.26 Å². The summed E-state index contributed by atoms with van der Waals surface area (Å²) < 4.78 is 0. The van der Waals surface area contributed by atoms with E-state index < -0.39 is 18.8 Å². The SMILES string of the molecule is C/C=C\C1CC(C#N)N(C)C1C([NH-])C(O)CO.[Ac]. The largest absolute Gasteiger partial charge is 0.671 e. The van der Waals surface area contributed by atoms with Crippen molar-refractivity contribution in [3.8, 4) is 6.07 Å². The van der Waals surface area contributed by atoms with Gasteiger partial charge in [0.05, 0.1) is 24.8 Å². The minimum Gasteiger partial charge on any atom is -0.671 e. The van der Waals surface area contributed by atoms with Crippen LogP contribution in [0, 0.1) is 61.3 Å². The van der Waals surface area contributed by atoms with E-state index in [0.717, 1.165) is 0 Å². The number of likely N-dealkylation sites (N-methyl/N-ethyl adjacent to an activating group) is 1. The van der Waals surface area contributed by atoms with Crippen molar-refractivity contribution < 1.29 is 54.3 Å². The average molecular weight is 465 g/mol. The molecule has 5 atom stereocenters. The van der Waals surface area contributed by atoms with Crippen LogP contribution in [0.3, 0.4) is 0 Å². The molecule has 1 saturated heterocycles. The second-order valence-corrected chi connectivity index (χ2v) is 4.50. The molecule has 1 fully saturated rings. The molecule has 0 spiro atoms. The second kappa shape index (κ2) is 8.64. The normalized spacial score (nSPS) is 31.9. The number of aliphatic hydroxyl groups excluding tert-OH is 2. The molecule has 0 aromatic rings. The molecule has 5 unspecified atom stereocenters. The zero-order valence-electron chi connectivity index (χ0n) is 10.8. The molecule has 1 heterocycles. The number of likely N-dealkylation sites (tertiary alicyclic amines) is 1. The van der Waals surface area contributed by atoms with Crippen LogP contribution in [0.2, 0.25) is 0 Å². The van der Waals surface area contributed by atoms with E-state index in [-0.39, 0.29) is 62.1 Å². The number of allylic oxidation sites excluding steroid dienone is 1. The fourth-order valence-electron chi connectivity index (χ4n) is 2.52. The quantitative estimate of drug-likeness (QED) is 0.594. The van der Waals surface area contributed by atoms with E-state index in [0.29, 0.717) is 6.42 Å². The summed E-state index contributed by atoms with van der Waals surface area (Å²) in [5.41, 5.74) is 7.98. The minimum absolute atomic E-state index is 0. The third kappa shape index (κ3) is 4.00. The van der Waals surface area contributed by atoms with Gasteiger partial charge in [0.2, 0.25) is 0 Å². The molecule has 1 aliphatic heterocycles. The van der Waals surface area contributed by atoms with Crippen molar-refractivity contribution in [3.05, 3.63) is 17.9 Å². The number of hydrogen-bond acceptors (Lipinski definition) is 4. The van der Waals surface area contributed by atoms with E-state index in [1.54, 1.807) is 7.05 Å². The number of hydrogen-bond donors (Lipinski definition) is 2. The van der Waals surface area contributed by atoms with Gasteiger partial charge in [0.25, 0.3) is 0 Å². The smallest absolute Gasteiger partial charge is 0.0983 e. The Balaban J connectivity index is 0.00000289. The number of nitrogens with zero attached hydrogens (tertiary/aromatic N) is 2. The molecule has 0 aromatic carbocycles. The summed E-state index contributed by atoms with van der Waals surface area (Å²) >= 11 is 0. The summed E-state index contributed by atoms with van der Waals surface area (Å²) in [6.45, 7) is 1.48. The van der Waals surface area contributed by atoms with Crippen molar-refractivity contribution in [2.24, 2.45) is 5.92 Å². The maximum Gasteiger partial charge on any atom is 0.0983 e. The fourth-order valence-corrected chi connectivity index (χ4v) is 2.52. The average Bonchev–Trinajstić information content (AvgIpc) is 2.64. The van der Waals surface area contributed by atoms with Crippen molar-refractivity contribution in [2.45, 2.75) is 37.6 Å². The van der Waals surface area contributed by atoms with Crippen LogP contribution in [-0.2, 0) is 0 Å². The van der Waals surface area contributed by atoms with E-state index in [2.05, 4.69) is 6.07 Å². The summed E-state index contributed by atoms with van der Waals surface area (Å²) in [6, 6.07) is 0.961. The molecule has 0 aliphatic carbocycles. The van der Waals surface area contributed by atoms with Crippen LogP contribution in [0.4, 0.5) is 0 Å². The molecule has 0 bridgehead atoms. The van der Waals surface area contributed by atoms with Gasteiger partial charge in [0, 0.05) is 50.1 Å². The topological polar surface area (TPSA) is 91.3 Å². The monoisotopic (exact) mass is 465 g/mol. The maximum absolute atomic E-state index is 9.58. The molecular weight excluding hydrogens is 445 g/mol. The van der Waals surface area contributed by atoms with Crippen LogP contribution in [0.15, 0.2) is 12.2 Å². The first-order chi connectivity index (χ1) is 8.06. The van der Waals surface area contributed by atoms with Crippen molar-refractivity contribution >= 4 is 0 Å². The van der Waals surface area contributed by atoms with Gasteiger partial charge in [-0.15, -0.1) is 0 Å². The van der Waals surface area contributed by atoms with Crippen LogP contribution in [-0.4, -0.2) is 53.0 Å². The molecule has 5 nitrogen and oxygen atoms in total. The van der Waals surface area contributed by atoms with Gasteiger partial charge in [-0.1, -0.05) is 18.2 Å². The van der Waals surface area contributed by atoms with Crippen molar-refractivity contribution in [3.63, 3.8) is 0 Å². The van der Waals surface area contributed by atoms with Crippen molar-refractivity contribution in [1.29, 1.82) is 5.26 Å². The Morgan fingerprint density at radius 3 is 2.67 bits per heavy atom. The Bertz CT molecular complexity index is 319. The Morgan fingerprint density at radius 1 is 1.61 bits per heavy atom. The van der Waals surface area contributed by atoms with E-state index in [4.69, 9.17) is 16.1 Å². The molecule has 99 valence electrons. The van der Waals surface area contributed by atoms with E-state index in [1.165, 1.54) is 0 Å². The summed E-state index contributed by atoms with van der Waals surface area (Å²) in [5.74, 6) is 0.0818. The molecule has 1 rings (SSSR count). The third-order valence-corrected chi connectivity index (χ3v) is 3.45. The molecule has 0 saturated carbocycles. The van der Waals surface area contributed by atoms with Crippen LogP contribution >= 0.6 is 0 Å². The summed E-state index contributed by atoms with van der Waals surface area (Å²) in [4.78, 5) is 1.83. The molecule has 3 N–H and O–H groups in total. The van der Waals surface area contributed by atoms with Gasteiger partial charge in [0.15, 0.2) is 0 Å². The number of rotatable bonds is 4. The minimum atomic E-state index is -1.06. The van der Waals surface area contributed by atoms with Crippen LogP contribution in [0.5, 0.6) is 0 Å². The zero-order chi connectivity index (χ0) is 13.0. The molecule has 0 aromatic heterocycles. The standard InChI is InChI=1S/C12H20N3O2.Ac/c1-3-4-8-5-9(6-13)15(2)12(8)11(14)10(17)7-16;/h3-4,8-12,14,16-17H,5,7H2,1-2H3;/q-1;/b4-3-;. The zero-order valence-corrected chi connectivity index (χ0v) is 15.6. The molecule has 18 heavy (non-hydrogen) atoms. The van der Waals surface area contributed by atoms with Gasteiger partial charge >= 0.3 is 0 Å². The summed E-state index contributed by atoms with van der Waals surface area (Å²) in [6.07, 6.45) is 3.50. The first-order valence-electron chi connectivity index (χ1n) is 5.81. The van der Waals surface area contributed by atoms with Gasteiger partial charge in [-0.25, -0.2) is 0 Å². The van der Waals surface area contributed by atoms with Gasteiger partial charge in [-0.3, -0.25) is 4.90 Å².